The highest BCUT2D eigenvalue weighted by atomic mass is 16.5. The molecule has 9 heteroatoms. The Morgan fingerprint density at radius 1 is 0.949 bits per heavy atom. The number of benzene rings is 3. The molecule has 0 radical (unpaired) electrons. The van der Waals surface area contributed by atoms with E-state index in [4.69, 9.17) is 29.1 Å². The Balaban J connectivity index is 1.62. The fraction of sp³-hybridized carbons (Fsp3) is 0.267. The molecule has 1 amide bonds. The van der Waals surface area contributed by atoms with Crippen LogP contribution >= 0.6 is 0 Å². The lowest BCUT2D eigenvalue weighted by Gasteiger charge is -2.19. The molecular formula is C30H32N2O7. The van der Waals surface area contributed by atoms with E-state index < -0.39 is 11.5 Å². The average Bonchev–Trinajstić information content (AvgIpc) is 2.92. The molecule has 1 aromatic heterocycles. The first-order valence-corrected chi connectivity index (χ1v) is 12.3. The van der Waals surface area contributed by atoms with E-state index in [2.05, 4.69) is 5.32 Å². The summed E-state index contributed by atoms with van der Waals surface area (Å²) < 4.78 is 27.7. The van der Waals surface area contributed by atoms with Crippen molar-refractivity contribution in [2.24, 2.45) is 5.73 Å². The van der Waals surface area contributed by atoms with E-state index in [9.17, 15) is 9.59 Å². The molecule has 0 saturated carbocycles. The Kier molecular flexibility index (Phi) is 8.11. The Morgan fingerprint density at radius 2 is 1.72 bits per heavy atom. The van der Waals surface area contributed by atoms with Gasteiger partial charge in [0.1, 0.15) is 17.2 Å². The lowest BCUT2D eigenvalue weighted by Crippen LogP contribution is -2.33. The summed E-state index contributed by atoms with van der Waals surface area (Å²) >= 11 is 0. The molecule has 39 heavy (non-hydrogen) atoms. The van der Waals surface area contributed by atoms with E-state index in [1.807, 2.05) is 38.1 Å². The lowest BCUT2D eigenvalue weighted by atomic mass is 10.0. The van der Waals surface area contributed by atoms with E-state index in [0.717, 1.165) is 5.56 Å². The van der Waals surface area contributed by atoms with Gasteiger partial charge in [0, 0.05) is 22.1 Å². The van der Waals surface area contributed by atoms with Gasteiger partial charge in [-0.05, 0) is 74.4 Å². The van der Waals surface area contributed by atoms with Crippen molar-refractivity contribution in [3.8, 4) is 34.1 Å². The van der Waals surface area contributed by atoms with Crippen molar-refractivity contribution >= 4 is 22.6 Å². The quantitative estimate of drug-likeness (QED) is 0.266. The van der Waals surface area contributed by atoms with Gasteiger partial charge < -0.3 is 34.4 Å². The highest BCUT2D eigenvalue weighted by Crippen LogP contribution is 2.36. The number of fused-ring (bicyclic) bond motifs is 1. The summed E-state index contributed by atoms with van der Waals surface area (Å²) in [6.07, 6.45) is 0.619. The van der Waals surface area contributed by atoms with Crippen LogP contribution in [0.25, 0.3) is 22.1 Å². The Morgan fingerprint density at radius 3 is 2.41 bits per heavy atom. The molecule has 204 valence electrons. The van der Waals surface area contributed by atoms with Gasteiger partial charge in [0.15, 0.2) is 11.3 Å². The summed E-state index contributed by atoms with van der Waals surface area (Å²) in [6, 6.07) is 17.4. The van der Waals surface area contributed by atoms with Crippen LogP contribution in [0.5, 0.6) is 23.0 Å². The summed E-state index contributed by atoms with van der Waals surface area (Å²) in [5.41, 5.74) is 6.96. The molecule has 0 fully saturated rings. The number of methoxy groups -OCH3 is 3. The maximum Gasteiger partial charge on any atom is 0.360 e. The predicted octanol–water partition coefficient (Wildman–Crippen LogP) is 5.24. The van der Waals surface area contributed by atoms with Crippen LogP contribution in [-0.2, 0) is 0 Å². The zero-order valence-corrected chi connectivity index (χ0v) is 22.6. The van der Waals surface area contributed by atoms with Crippen molar-refractivity contribution in [1.82, 2.24) is 0 Å². The molecular weight excluding hydrogens is 500 g/mol. The van der Waals surface area contributed by atoms with Crippen molar-refractivity contribution in [2.45, 2.75) is 25.8 Å². The molecule has 9 nitrogen and oxygen atoms in total. The molecule has 1 heterocycles. The molecule has 3 aromatic carbocycles. The van der Waals surface area contributed by atoms with Crippen molar-refractivity contribution in [1.29, 1.82) is 0 Å². The molecule has 0 aliphatic rings. The predicted molar refractivity (Wildman–Crippen MR) is 150 cm³/mol. The topological polar surface area (TPSA) is 122 Å². The standard InChI is InChI=1S/C30H32N2O7/c1-30(2,31)13-14-38-25-12-9-19-17-23(29(34)39-26(19)27(25)37-5)32-28(33)20-10-11-24(36-4)22(16-20)18-7-6-8-21(15-18)35-3/h6-12,15-17H,13-14,31H2,1-5H3,(H,32,33). The second-order valence-corrected chi connectivity index (χ2v) is 9.65. The number of ether oxygens (including phenoxy) is 4. The number of nitrogens with one attached hydrogen (secondary N) is 1. The summed E-state index contributed by atoms with van der Waals surface area (Å²) in [5, 5.41) is 3.22. The highest BCUT2D eigenvalue weighted by molar-refractivity contribution is 6.06. The lowest BCUT2D eigenvalue weighted by molar-refractivity contribution is 0.102. The van der Waals surface area contributed by atoms with Crippen LogP contribution in [-0.4, -0.2) is 39.4 Å². The van der Waals surface area contributed by atoms with Crippen LogP contribution in [0.1, 0.15) is 30.6 Å². The summed E-state index contributed by atoms with van der Waals surface area (Å²) in [6.45, 7) is 4.19. The van der Waals surface area contributed by atoms with E-state index in [1.165, 1.54) is 7.11 Å². The number of hydrogen-bond donors (Lipinski definition) is 2. The first-order chi connectivity index (χ1) is 18.6. The number of carbonyl (C=O) groups is 1. The number of anilines is 1. The minimum absolute atomic E-state index is 0.00755. The third-order valence-corrected chi connectivity index (χ3v) is 6.12. The molecule has 0 unspecified atom stereocenters. The van der Waals surface area contributed by atoms with Crippen molar-refractivity contribution in [3.05, 3.63) is 76.6 Å². The fourth-order valence-electron chi connectivity index (χ4n) is 4.02. The molecule has 0 aliphatic heterocycles. The molecule has 0 aliphatic carbocycles. The van der Waals surface area contributed by atoms with E-state index in [-0.39, 0.29) is 22.6 Å². The number of amides is 1. The van der Waals surface area contributed by atoms with Crippen molar-refractivity contribution < 1.29 is 28.2 Å². The summed E-state index contributed by atoms with van der Waals surface area (Å²) in [7, 11) is 4.61. The monoisotopic (exact) mass is 532 g/mol. The van der Waals surface area contributed by atoms with Crippen LogP contribution in [0.15, 0.2) is 69.9 Å². The number of carbonyl (C=O) groups excluding carboxylic acids is 1. The van der Waals surface area contributed by atoms with Gasteiger partial charge in [0.25, 0.3) is 5.91 Å². The second-order valence-electron chi connectivity index (χ2n) is 9.65. The Labute approximate surface area is 226 Å². The molecule has 0 bridgehead atoms. The van der Waals surface area contributed by atoms with E-state index >= 15 is 0 Å². The largest absolute Gasteiger partial charge is 0.497 e. The molecule has 0 spiro atoms. The Bertz CT molecular complexity index is 1550. The van der Waals surface area contributed by atoms with Crippen molar-refractivity contribution in [3.63, 3.8) is 0 Å². The maximum atomic E-state index is 13.2. The van der Waals surface area contributed by atoms with Crippen LogP contribution in [0.3, 0.4) is 0 Å². The van der Waals surface area contributed by atoms with Gasteiger partial charge in [-0.3, -0.25) is 4.79 Å². The van der Waals surface area contributed by atoms with Crippen molar-refractivity contribution in [2.75, 3.05) is 33.3 Å². The minimum atomic E-state index is -0.726. The smallest absolute Gasteiger partial charge is 0.360 e. The van der Waals surface area contributed by atoms with Gasteiger partial charge in [-0.2, -0.15) is 0 Å². The van der Waals surface area contributed by atoms with E-state index in [0.29, 0.717) is 46.8 Å². The first-order valence-electron chi connectivity index (χ1n) is 12.3. The number of rotatable bonds is 10. The van der Waals surface area contributed by atoms with Gasteiger partial charge in [0.2, 0.25) is 5.75 Å². The molecule has 4 aromatic rings. The second kappa shape index (κ2) is 11.5. The van der Waals surface area contributed by atoms with Gasteiger partial charge in [0.05, 0.1) is 27.9 Å². The fourth-order valence-corrected chi connectivity index (χ4v) is 4.02. The molecule has 0 atom stereocenters. The first kappa shape index (κ1) is 27.5. The Hall–Kier alpha value is -4.50. The minimum Gasteiger partial charge on any atom is -0.497 e. The van der Waals surface area contributed by atoms with Gasteiger partial charge >= 0.3 is 5.63 Å². The third-order valence-electron chi connectivity index (χ3n) is 6.12. The van der Waals surface area contributed by atoms with Crippen LogP contribution < -0.4 is 35.6 Å². The average molecular weight is 533 g/mol. The SMILES string of the molecule is COc1cccc(-c2cc(C(=O)Nc3cc4ccc(OCCC(C)(C)N)c(OC)c4oc3=O)ccc2OC)c1. The normalized spacial score (nSPS) is 11.2. The molecule has 4 rings (SSSR count). The van der Waals surface area contributed by atoms with Gasteiger partial charge in [-0.25, -0.2) is 4.79 Å². The van der Waals surface area contributed by atoms with Gasteiger partial charge in [-0.15, -0.1) is 0 Å². The molecule has 3 N–H and O–H groups in total. The zero-order chi connectivity index (χ0) is 28.2. The van der Waals surface area contributed by atoms with Crippen LogP contribution in [0.2, 0.25) is 0 Å². The third kappa shape index (κ3) is 6.32. The summed E-state index contributed by atoms with van der Waals surface area (Å²) in [5.74, 6) is 1.49. The molecule has 0 saturated heterocycles. The zero-order valence-electron chi connectivity index (χ0n) is 22.6. The number of hydrogen-bond acceptors (Lipinski definition) is 8. The summed E-state index contributed by atoms with van der Waals surface area (Å²) in [4.78, 5) is 26.0. The number of nitrogens with two attached hydrogens (primary N) is 1. The highest BCUT2D eigenvalue weighted by Gasteiger charge is 2.19. The van der Waals surface area contributed by atoms with Crippen LogP contribution in [0.4, 0.5) is 5.69 Å². The maximum absolute atomic E-state index is 13.2. The van der Waals surface area contributed by atoms with E-state index in [1.54, 1.807) is 50.6 Å². The van der Waals surface area contributed by atoms with Crippen LogP contribution in [0, 0.1) is 0 Å². The van der Waals surface area contributed by atoms with Gasteiger partial charge in [-0.1, -0.05) is 12.1 Å².